The number of fused-ring (bicyclic) bond motifs is 1. The zero-order valence-corrected chi connectivity index (χ0v) is 18.3. The van der Waals surface area contributed by atoms with Crippen molar-refractivity contribution in [1.29, 1.82) is 0 Å². The molecular weight excluding hydrogens is 400 g/mol. The van der Waals surface area contributed by atoms with E-state index < -0.39 is 0 Å². The molecule has 6 nitrogen and oxygen atoms in total. The fraction of sp³-hybridized carbons (Fsp3) is 0.304. The van der Waals surface area contributed by atoms with E-state index in [0.717, 1.165) is 16.7 Å². The van der Waals surface area contributed by atoms with Crippen LogP contribution < -0.4 is 10.1 Å². The molecule has 2 aromatic carbocycles. The predicted molar refractivity (Wildman–Crippen MR) is 120 cm³/mol. The van der Waals surface area contributed by atoms with Crippen LogP contribution in [-0.2, 0) is 6.54 Å². The van der Waals surface area contributed by atoms with Gasteiger partial charge >= 0.3 is 0 Å². The topological polar surface area (TPSA) is 71.8 Å². The van der Waals surface area contributed by atoms with Crippen molar-refractivity contribution >= 4 is 33.8 Å². The smallest absolute Gasteiger partial charge is 0.287 e. The summed E-state index contributed by atoms with van der Waals surface area (Å²) >= 11 is 1.28. The Morgan fingerprint density at radius 3 is 2.53 bits per heavy atom. The third-order valence-corrected chi connectivity index (χ3v) is 5.19. The average Bonchev–Trinajstić information content (AvgIpc) is 3.10. The molecule has 0 spiro atoms. The molecule has 0 radical (unpaired) electrons. The molecule has 0 saturated heterocycles. The van der Waals surface area contributed by atoms with Crippen LogP contribution in [0, 0.1) is 0 Å². The first-order chi connectivity index (χ1) is 14.5. The Morgan fingerprint density at radius 1 is 1.10 bits per heavy atom. The molecule has 3 aromatic rings. The highest BCUT2D eigenvalue weighted by atomic mass is 32.2. The number of furan rings is 1. The van der Waals surface area contributed by atoms with E-state index >= 15 is 0 Å². The molecule has 3 rings (SSSR count). The number of hydrogen-bond donors (Lipinski definition) is 1. The summed E-state index contributed by atoms with van der Waals surface area (Å²) in [4.78, 5) is 26.5. The van der Waals surface area contributed by atoms with Gasteiger partial charge in [0.25, 0.3) is 5.91 Å². The number of rotatable bonds is 9. The van der Waals surface area contributed by atoms with E-state index in [0.29, 0.717) is 42.4 Å². The number of thioether (sulfide) groups is 1. The van der Waals surface area contributed by atoms with Crippen LogP contribution in [0.25, 0.3) is 11.0 Å². The molecule has 0 aliphatic carbocycles. The highest BCUT2D eigenvalue weighted by molar-refractivity contribution is 8.14. The summed E-state index contributed by atoms with van der Waals surface area (Å²) in [5.74, 6) is 1.47. The second-order valence-electron chi connectivity index (χ2n) is 6.99. The van der Waals surface area contributed by atoms with Crippen molar-refractivity contribution in [1.82, 2.24) is 10.2 Å². The number of amides is 1. The summed E-state index contributed by atoms with van der Waals surface area (Å²) in [5, 5.41) is 3.86. The van der Waals surface area contributed by atoms with Gasteiger partial charge in [-0.05, 0) is 50.2 Å². The minimum Gasteiger partial charge on any atom is -0.492 e. The molecule has 158 valence electrons. The van der Waals surface area contributed by atoms with E-state index in [-0.39, 0.29) is 11.0 Å². The maximum atomic E-state index is 12.7. The minimum absolute atomic E-state index is 0.0516. The van der Waals surface area contributed by atoms with Gasteiger partial charge in [-0.1, -0.05) is 36.9 Å². The van der Waals surface area contributed by atoms with E-state index in [9.17, 15) is 9.59 Å². The Hall–Kier alpha value is -2.77. The Kier molecular flexibility index (Phi) is 7.54. The first-order valence-electron chi connectivity index (χ1n) is 9.83. The minimum atomic E-state index is -0.260. The normalized spacial score (nSPS) is 11.1. The maximum absolute atomic E-state index is 12.7. The van der Waals surface area contributed by atoms with Gasteiger partial charge in [-0.2, -0.15) is 0 Å². The number of benzene rings is 2. The van der Waals surface area contributed by atoms with Crippen molar-refractivity contribution in [3.05, 3.63) is 65.4 Å². The van der Waals surface area contributed by atoms with Crippen molar-refractivity contribution in [2.45, 2.75) is 13.5 Å². The number of ether oxygens (including phenoxy) is 1. The van der Waals surface area contributed by atoms with Crippen molar-refractivity contribution in [2.75, 3.05) is 33.0 Å². The molecule has 30 heavy (non-hydrogen) atoms. The molecule has 0 aliphatic rings. The number of carbonyl (C=O) groups excluding carboxylic acids is 2. The maximum Gasteiger partial charge on any atom is 0.287 e. The summed E-state index contributed by atoms with van der Waals surface area (Å²) in [7, 11) is 3.91. The SMILES string of the molecule is CCSC(=O)c1ccc(OCCNC(=O)c2oc3ccccc3c2CN(C)C)cc1. The lowest BCUT2D eigenvalue weighted by molar-refractivity contribution is 0.0919. The molecule has 7 heteroatoms. The van der Waals surface area contributed by atoms with Crippen LogP contribution >= 0.6 is 11.8 Å². The van der Waals surface area contributed by atoms with Crippen LogP contribution in [0.4, 0.5) is 0 Å². The summed E-state index contributed by atoms with van der Waals surface area (Å²) in [5.41, 5.74) is 2.23. The van der Waals surface area contributed by atoms with Crippen LogP contribution in [0.5, 0.6) is 5.75 Å². The van der Waals surface area contributed by atoms with E-state index in [1.807, 2.05) is 50.2 Å². The molecule has 1 aromatic heterocycles. The molecule has 1 amide bonds. The lowest BCUT2D eigenvalue weighted by Crippen LogP contribution is -2.29. The monoisotopic (exact) mass is 426 g/mol. The molecule has 0 bridgehead atoms. The lowest BCUT2D eigenvalue weighted by atomic mass is 10.1. The quantitative estimate of drug-likeness (QED) is 0.517. The highest BCUT2D eigenvalue weighted by Crippen LogP contribution is 2.26. The van der Waals surface area contributed by atoms with Crippen LogP contribution in [0.3, 0.4) is 0 Å². The van der Waals surface area contributed by atoms with E-state index in [1.165, 1.54) is 11.8 Å². The van der Waals surface area contributed by atoms with Gasteiger partial charge in [0.1, 0.15) is 17.9 Å². The Labute approximate surface area is 180 Å². The van der Waals surface area contributed by atoms with Gasteiger partial charge in [0, 0.05) is 23.1 Å². The van der Waals surface area contributed by atoms with Crippen molar-refractivity contribution in [3.8, 4) is 5.75 Å². The first kappa shape index (κ1) is 21.9. The summed E-state index contributed by atoms with van der Waals surface area (Å²) in [6.45, 7) is 3.20. The zero-order valence-electron chi connectivity index (χ0n) is 17.4. The molecule has 0 fully saturated rings. The fourth-order valence-corrected chi connectivity index (χ4v) is 3.64. The third kappa shape index (κ3) is 5.43. The Morgan fingerprint density at radius 2 is 1.83 bits per heavy atom. The second-order valence-corrected chi connectivity index (χ2v) is 8.23. The average molecular weight is 427 g/mol. The van der Waals surface area contributed by atoms with E-state index in [4.69, 9.17) is 9.15 Å². The predicted octanol–water partition coefficient (Wildman–Crippen LogP) is 4.20. The molecule has 0 atom stereocenters. The zero-order chi connectivity index (χ0) is 21.5. The van der Waals surface area contributed by atoms with Crippen LogP contribution in [0.2, 0.25) is 0 Å². The number of para-hydroxylation sites is 1. The molecule has 0 unspecified atom stereocenters. The first-order valence-corrected chi connectivity index (χ1v) is 10.8. The standard InChI is InChI=1S/C23H26N2O4S/c1-4-30-23(27)16-9-11-17(12-10-16)28-14-13-24-22(26)21-19(15-25(2)3)18-7-5-6-8-20(18)29-21/h5-12H,4,13-15H2,1-3H3,(H,24,26). The molecule has 1 N–H and O–H groups in total. The van der Waals surface area contributed by atoms with Crippen LogP contribution in [0.15, 0.2) is 52.9 Å². The molecule has 0 aliphatic heterocycles. The second kappa shape index (κ2) is 10.3. The summed E-state index contributed by atoms with van der Waals surface area (Å²) in [6.07, 6.45) is 0. The Balaban J connectivity index is 1.57. The van der Waals surface area contributed by atoms with Crippen molar-refractivity contribution in [3.63, 3.8) is 0 Å². The van der Waals surface area contributed by atoms with Crippen molar-refractivity contribution in [2.24, 2.45) is 0 Å². The van der Waals surface area contributed by atoms with Crippen molar-refractivity contribution < 1.29 is 18.7 Å². The van der Waals surface area contributed by atoms with Gasteiger partial charge in [0.15, 0.2) is 5.76 Å². The van der Waals surface area contributed by atoms with Gasteiger partial charge in [-0.15, -0.1) is 0 Å². The number of nitrogens with one attached hydrogen (secondary N) is 1. The summed E-state index contributed by atoms with van der Waals surface area (Å²) < 4.78 is 11.5. The summed E-state index contributed by atoms with van der Waals surface area (Å²) in [6, 6.07) is 14.7. The van der Waals surface area contributed by atoms with Crippen LogP contribution in [-0.4, -0.2) is 48.9 Å². The number of nitrogens with zero attached hydrogens (tertiary/aromatic N) is 1. The van der Waals surface area contributed by atoms with Gasteiger partial charge in [-0.25, -0.2) is 0 Å². The van der Waals surface area contributed by atoms with E-state index in [1.54, 1.807) is 24.3 Å². The molecule has 1 heterocycles. The highest BCUT2D eigenvalue weighted by Gasteiger charge is 2.20. The number of carbonyl (C=O) groups is 2. The molecule has 0 saturated carbocycles. The van der Waals surface area contributed by atoms with Gasteiger partial charge in [0.2, 0.25) is 5.12 Å². The fourth-order valence-electron chi connectivity index (χ4n) is 3.07. The van der Waals surface area contributed by atoms with Gasteiger partial charge in [0.05, 0.1) is 6.54 Å². The van der Waals surface area contributed by atoms with Crippen LogP contribution in [0.1, 0.15) is 33.4 Å². The van der Waals surface area contributed by atoms with E-state index in [2.05, 4.69) is 5.32 Å². The molecular formula is C23H26N2O4S. The lowest BCUT2D eigenvalue weighted by Gasteiger charge is -2.11. The number of hydrogen-bond acceptors (Lipinski definition) is 6. The largest absolute Gasteiger partial charge is 0.492 e. The van der Waals surface area contributed by atoms with Gasteiger partial charge in [-0.3, -0.25) is 9.59 Å². The third-order valence-electron chi connectivity index (χ3n) is 4.40. The Bertz CT molecular complexity index is 1010. The van der Waals surface area contributed by atoms with Gasteiger partial charge < -0.3 is 19.4 Å².